The molecule has 5 heteroatoms. The molecule has 1 heterocycles. The first kappa shape index (κ1) is 21.1. The van der Waals surface area contributed by atoms with Crippen LogP contribution in [0, 0.1) is 17.3 Å². The number of methoxy groups -OCH3 is 1. The van der Waals surface area contributed by atoms with E-state index in [0.717, 1.165) is 25.1 Å². The van der Waals surface area contributed by atoms with E-state index in [2.05, 4.69) is 42.4 Å². The average molecular weight is 427 g/mol. The summed E-state index contributed by atoms with van der Waals surface area (Å²) in [5.74, 6) is 1.99. The Morgan fingerprint density at radius 3 is 2.65 bits per heavy atom. The van der Waals surface area contributed by atoms with Gasteiger partial charge in [-0.15, -0.1) is 0 Å². The van der Waals surface area contributed by atoms with Gasteiger partial charge in [0.25, 0.3) is 0 Å². The summed E-state index contributed by atoms with van der Waals surface area (Å²) < 4.78 is 11.6. The molecule has 3 fully saturated rings. The van der Waals surface area contributed by atoms with Crippen LogP contribution < -0.4 is 10.1 Å². The van der Waals surface area contributed by atoms with Crippen LogP contribution in [0.3, 0.4) is 0 Å². The second-order valence-electron chi connectivity index (χ2n) is 11.3. The number of likely N-dealkylation sites (tertiary alicyclic amines) is 1. The van der Waals surface area contributed by atoms with Crippen LogP contribution in [0.4, 0.5) is 4.79 Å². The Morgan fingerprint density at radius 2 is 1.97 bits per heavy atom. The molecule has 1 aromatic carbocycles. The van der Waals surface area contributed by atoms with Gasteiger partial charge in [-0.1, -0.05) is 6.07 Å². The number of benzene rings is 1. The van der Waals surface area contributed by atoms with Crippen LogP contribution in [0.2, 0.25) is 0 Å². The molecule has 5 rings (SSSR count). The molecular weight excluding hydrogens is 388 g/mol. The lowest BCUT2D eigenvalue weighted by atomic mass is 9.45. The summed E-state index contributed by atoms with van der Waals surface area (Å²) in [6.45, 7) is 8.96. The number of piperidine rings is 1. The summed E-state index contributed by atoms with van der Waals surface area (Å²) >= 11 is 0. The molecule has 170 valence electrons. The van der Waals surface area contributed by atoms with Crippen molar-refractivity contribution >= 4 is 6.09 Å². The van der Waals surface area contributed by atoms with Crippen molar-refractivity contribution in [3.63, 3.8) is 0 Å². The van der Waals surface area contributed by atoms with Crippen molar-refractivity contribution in [2.24, 2.45) is 17.3 Å². The highest BCUT2D eigenvalue weighted by molar-refractivity contribution is 5.70. The summed E-state index contributed by atoms with van der Waals surface area (Å²) in [5.41, 5.74) is 2.70. The predicted octanol–water partition coefficient (Wildman–Crippen LogP) is 4.52. The summed E-state index contributed by atoms with van der Waals surface area (Å²) in [4.78, 5) is 15.4. The molecule has 0 radical (unpaired) electrons. The van der Waals surface area contributed by atoms with E-state index >= 15 is 0 Å². The van der Waals surface area contributed by atoms with E-state index < -0.39 is 5.60 Å². The summed E-state index contributed by atoms with van der Waals surface area (Å²) in [5, 5.41) is 3.67. The highest BCUT2D eigenvalue weighted by Crippen LogP contribution is 2.73. The summed E-state index contributed by atoms with van der Waals surface area (Å²) in [7, 11) is 3.89. The van der Waals surface area contributed by atoms with Gasteiger partial charge in [0.1, 0.15) is 11.4 Å². The summed E-state index contributed by atoms with van der Waals surface area (Å²) in [6, 6.07) is 7.42. The van der Waals surface area contributed by atoms with Crippen LogP contribution >= 0.6 is 0 Å². The summed E-state index contributed by atoms with van der Waals surface area (Å²) in [6.07, 6.45) is 5.65. The van der Waals surface area contributed by atoms with Gasteiger partial charge in [0, 0.05) is 29.5 Å². The topological polar surface area (TPSA) is 50.8 Å². The van der Waals surface area contributed by atoms with E-state index in [1.54, 1.807) is 7.11 Å². The Hall–Kier alpha value is -1.75. The zero-order valence-corrected chi connectivity index (χ0v) is 20.0. The van der Waals surface area contributed by atoms with Crippen molar-refractivity contribution in [1.29, 1.82) is 0 Å². The van der Waals surface area contributed by atoms with Gasteiger partial charge in [-0.05, 0) is 102 Å². The molecule has 5 nitrogen and oxygen atoms in total. The second-order valence-corrected chi connectivity index (χ2v) is 11.3. The Morgan fingerprint density at radius 1 is 1.23 bits per heavy atom. The quantitative estimate of drug-likeness (QED) is 0.755. The highest BCUT2D eigenvalue weighted by atomic mass is 16.6. The van der Waals surface area contributed by atoms with Crippen LogP contribution in [0.15, 0.2) is 18.2 Å². The molecule has 2 saturated carbocycles. The molecule has 6 unspecified atom stereocenters. The SMILES string of the molecule is CNC1CCC23CCC1C21c2cc(OC)ccc2CC1CN(C(=O)OC(C)(C)C)C3C. The number of ether oxygens (including phenoxy) is 2. The first-order valence-corrected chi connectivity index (χ1v) is 12.0. The number of carbonyl (C=O) groups excluding carboxylic acids is 1. The van der Waals surface area contributed by atoms with E-state index in [1.165, 1.54) is 30.4 Å². The van der Waals surface area contributed by atoms with Crippen molar-refractivity contribution in [1.82, 2.24) is 10.2 Å². The van der Waals surface area contributed by atoms with E-state index in [9.17, 15) is 4.79 Å². The molecule has 3 aliphatic carbocycles. The molecule has 6 atom stereocenters. The molecule has 0 aromatic heterocycles. The number of nitrogens with zero attached hydrogens (tertiary/aromatic N) is 1. The number of carbonyl (C=O) groups is 1. The van der Waals surface area contributed by atoms with Crippen molar-refractivity contribution in [3.05, 3.63) is 29.3 Å². The maximum atomic E-state index is 13.3. The molecule has 1 spiro atoms. The van der Waals surface area contributed by atoms with E-state index in [4.69, 9.17) is 9.47 Å². The predicted molar refractivity (Wildman–Crippen MR) is 122 cm³/mol. The van der Waals surface area contributed by atoms with Gasteiger partial charge in [-0.3, -0.25) is 0 Å². The third-order valence-electron chi connectivity index (χ3n) is 9.25. The van der Waals surface area contributed by atoms with E-state index in [0.29, 0.717) is 17.9 Å². The van der Waals surface area contributed by atoms with Gasteiger partial charge < -0.3 is 19.7 Å². The van der Waals surface area contributed by atoms with Crippen LogP contribution in [-0.2, 0) is 16.6 Å². The molecule has 1 saturated heterocycles. The lowest BCUT2D eigenvalue weighted by Gasteiger charge is -2.64. The van der Waals surface area contributed by atoms with Crippen molar-refractivity contribution in [2.75, 3.05) is 20.7 Å². The first-order valence-electron chi connectivity index (χ1n) is 12.0. The molecule has 2 bridgehead atoms. The fourth-order valence-corrected chi connectivity index (χ4v) is 8.32. The Labute approximate surface area is 186 Å². The smallest absolute Gasteiger partial charge is 0.410 e. The minimum atomic E-state index is -0.475. The Kier molecular flexibility index (Phi) is 4.68. The van der Waals surface area contributed by atoms with Gasteiger partial charge in [-0.25, -0.2) is 4.79 Å². The lowest BCUT2D eigenvalue weighted by Crippen LogP contribution is -2.70. The van der Waals surface area contributed by atoms with Gasteiger partial charge in [0.2, 0.25) is 0 Å². The van der Waals surface area contributed by atoms with Crippen LogP contribution in [0.25, 0.3) is 0 Å². The van der Waals surface area contributed by atoms with Crippen LogP contribution in [0.1, 0.15) is 64.5 Å². The maximum absolute atomic E-state index is 13.3. The van der Waals surface area contributed by atoms with E-state index in [1.807, 2.05) is 20.8 Å². The largest absolute Gasteiger partial charge is 0.497 e. The fraction of sp³-hybridized carbons (Fsp3) is 0.731. The lowest BCUT2D eigenvalue weighted by molar-refractivity contribution is -0.106. The number of hydrogen-bond donors (Lipinski definition) is 1. The number of amides is 1. The molecule has 1 aliphatic heterocycles. The number of nitrogens with one attached hydrogen (secondary N) is 1. The number of rotatable bonds is 2. The van der Waals surface area contributed by atoms with Gasteiger partial charge in [0.15, 0.2) is 0 Å². The molecule has 4 aliphatic rings. The van der Waals surface area contributed by atoms with Gasteiger partial charge in [0.05, 0.1) is 7.11 Å². The molecular formula is C26H38N2O3. The third-order valence-corrected chi connectivity index (χ3v) is 9.25. The maximum Gasteiger partial charge on any atom is 0.410 e. The van der Waals surface area contributed by atoms with Crippen molar-refractivity contribution in [3.8, 4) is 5.75 Å². The second kappa shape index (κ2) is 6.87. The molecule has 1 amide bonds. The first-order chi connectivity index (χ1) is 14.7. The highest BCUT2D eigenvalue weighted by Gasteiger charge is 2.74. The third kappa shape index (κ3) is 2.68. The standard InChI is InChI=1S/C26H38N2O3/c1-16-25-11-9-20(22(27-5)10-12-25)26(25)18(15-28(16)23(29)31-24(2,3)4)13-17-7-8-19(30-6)14-21(17)26/h7-8,14,16,18,20,22,27H,9-13,15H2,1-6H3. The van der Waals surface area contributed by atoms with Crippen LogP contribution in [-0.4, -0.2) is 49.4 Å². The average Bonchev–Trinajstić information content (AvgIpc) is 3.16. The van der Waals surface area contributed by atoms with Crippen LogP contribution in [0.5, 0.6) is 5.75 Å². The molecule has 1 N–H and O–H groups in total. The monoisotopic (exact) mass is 426 g/mol. The zero-order valence-electron chi connectivity index (χ0n) is 20.0. The van der Waals surface area contributed by atoms with E-state index in [-0.39, 0.29) is 23.0 Å². The molecule has 31 heavy (non-hydrogen) atoms. The molecule has 1 aromatic rings. The minimum absolute atomic E-state index is 0.0997. The van der Waals surface area contributed by atoms with Crippen molar-refractivity contribution in [2.45, 2.75) is 82.9 Å². The Balaban J connectivity index is 1.65. The van der Waals surface area contributed by atoms with Gasteiger partial charge >= 0.3 is 6.09 Å². The minimum Gasteiger partial charge on any atom is -0.497 e. The fourth-order valence-electron chi connectivity index (χ4n) is 8.32. The zero-order chi connectivity index (χ0) is 22.2. The Bertz CT molecular complexity index is 893. The number of hydrogen-bond acceptors (Lipinski definition) is 4. The normalized spacial score (nSPS) is 38.3. The number of fused-ring (bicyclic) bond motifs is 1. The van der Waals surface area contributed by atoms with Gasteiger partial charge in [-0.2, -0.15) is 0 Å². The van der Waals surface area contributed by atoms with Crippen molar-refractivity contribution < 1.29 is 14.3 Å².